The van der Waals surface area contributed by atoms with Crippen LogP contribution in [-0.4, -0.2) is 22.7 Å². The van der Waals surface area contributed by atoms with Crippen molar-refractivity contribution in [3.05, 3.63) is 40.5 Å². The Bertz CT molecular complexity index is 615. The Hall–Kier alpha value is -1.89. The standard InChI is InChI=1S/C14H16BrN3O3/c1-9(14-17-10(2)18-21-14)16-13(19)6-7-20-12-5-3-4-11(15)8-12/h3-5,8-9H,6-7H2,1-2H3,(H,16,19). The molecule has 0 radical (unpaired) electrons. The minimum Gasteiger partial charge on any atom is -0.493 e. The minimum atomic E-state index is -0.315. The van der Waals surface area contributed by atoms with E-state index >= 15 is 0 Å². The van der Waals surface area contributed by atoms with E-state index in [4.69, 9.17) is 9.26 Å². The normalized spacial score (nSPS) is 12.0. The summed E-state index contributed by atoms with van der Waals surface area (Å²) in [7, 11) is 0. The van der Waals surface area contributed by atoms with Crippen LogP contribution in [-0.2, 0) is 4.79 Å². The predicted molar refractivity (Wildman–Crippen MR) is 79.8 cm³/mol. The van der Waals surface area contributed by atoms with Crippen molar-refractivity contribution in [3.8, 4) is 5.75 Å². The van der Waals surface area contributed by atoms with Gasteiger partial charge in [0, 0.05) is 4.47 Å². The number of nitrogens with one attached hydrogen (secondary N) is 1. The molecule has 1 atom stereocenters. The number of ether oxygens (including phenoxy) is 1. The van der Waals surface area contributed by atoms with Crippen LogP contribution in [0.5, 0.6) is 5.75 Å². The number of aryl methyl sites for hydroxylation is 1. The molecule has 21 heavy (non-hydrogen) atoms. The molecule has 0 aliphatic rings. The first-order valence-corrected chi connectivity index (χ1v) is 7.32. The van der Waals surface area contributed by atoms with E-state index in [0.717, 1.165) is 10.2 Å². The highest BCUT2D eigenvalue weighted by Gasteiger charge is 2.15. The summed E-state index contributed by atoms with van der Waals surface area (Å²) >= 11 is 3.36. The molecule has 1 aromatic heterocycles. The van der Waals surface area contributed by atoms with Crippen molar-refractivity contribution in [2.45, 2.75) is 26.3 Å². The van der Waals surface area contributed by atoms with Crippen LogP contribution in [0.4, 0.5) is 0 Å². The van der Waals surface area contributed by atoms with Crippen LogP contribution < -0.4 is 10.1 Å². The van der Waals surface area contributed by atoms with Gasteiger partial charge >= 0.3 is 0 Å². The Balaban J connectivity index is 1.75. The summed E-state index contributed by atoms with van der Waals surface area (Å²) in [5.74, 6) is 1.53. The first-order chi connectivity index (χ1) is 10.0. The van der Waals surface area contributed by atoms with Crippen molar-refractivity contribution in [3.63, 3.8) is 0 Å². The highest BCUT2D eigenvalue weighted by molar-refractivity contribution is 9.10. The first kappa shape index (κ1) is 15.5. The molecule has 0 aliphatic carbocycles. The minimum absolute atomic E-state index is 0.131. The lowest BCUT2D eigenvalue weighted by Gasteiger charge is -2.10. The third-order valence-corrected chi connectivity index (χ3v) is 3.18. The van der Waals surface area contributed by atoms with Crippen molar-refractivity contribution in [1.82, 2.24) is 15.5 Å². The van der Waals surface area contributed by atoms with E-state index in [1.54, 1.807) is 13.8 Å². The second-order valence-electron chi connectivity index (χ2n) is 4.52. The highest BCUT2D eigenvalue weighted by atomic mass is 79.9. The van der Waals surface area contributed by atoms with E-state index in [-0.39, 0.29) is 18.4 Å². The molecule has 2 rings (SSSR count). The molecule has 0 saturated heterocycles. The lowest BCUT2D eigenvalue weighted by molar-refractivity contribution is -0.122. The number of carbonyl (C=O) groups excluding carboxylic acids is 1. The maximum Gasteiger partial charge on any atom is 0.248 e. The summed E-state index contributed by atoms with van der Waals surface area (Å²) < 4.78 is 11.4. The summed E-state index contributed by atoms with van der Waals surface area (Å²) in [4.78, 5) is 15.9. The molecular weight excluding hydrogens is 338 g/mol. The average Bonchev–Trinajstić information content (AvgIpc) is 2.85. The van der Waals surface area contributed by atoms with Gasteiger partial charge in [0.05, 0.1) is 13.0 Å². The molecule has 1 aromatic carbocycles. The van der Waals surface area contributed by atoms with Crippen LogP contribution in [0.2, 0.25) is 0 Å². The molecule has 112 valence electrons. The largest absolute Gasteiger partial charge is 0.493 e. The van der Waals surface area contributed by atoms with Gasteiger partial charge < -0.3 is 14.6 Å². The van der Waals surface area contributed by atoms with Crippen molar-refractivity contribution in [1.29, 1.82) is 0 Å². The summed E-state index contributed by atoms with van der Waals surface area (Å²) in [6.07, 6.45) is 0.254. The Labute approximate surface area is 131 Å². The van der Waals surface area contributed by atoms with Crippen molar-refractivity contribution >= 4 is 21.8 Å². The van der Waals surface area contributed by atoms with Gasteiger partial charge in [-0.2, -0.15) is 4.98 Å². The Morgan fingerprint density at radius 3 is 3.00 bits per heavy atom. The van der Waals surface area contributed by atoms with Gasteiger partial charge in [-0.25, -0.2) is 0 Å². The number of carbonyl (C=O) groups is 1. The van der Waals surface area contributed by atoms with E-state index in [0.29, 0.717) is 18.3 Å². The van der Waals surface area contributed by atoms with E-state index in [2.05, 4.69) is 31.4 Å². The lowest BCUT2D eigenvalue weighted by Crippen LogP contribution is -2.28. The van der Waals surface area contributed by atoms with Crippen LogP contribution in [0, 0.1) is 6.92 Å². The number of halogens is 1. The van der Waals surface area contributed by atoms with E-state index in [1.807, 2.05) is 24.3 Å². The molecule has 2 aromatic rings. The van der Waals surface area contributed by atoms with Crippen LogP contribution >= 0.6 is 15.9 Å². The summed E-state index contributed by atoms with van der Waals surface area (Å²) in [5.41, 5.74) is 0. The Kier molecular flexibility index (Phi) is 5.32. The topological polar surface area (TPSA) is 77.2 Å². The smallest absolute Gasteiger partial charge is 0.248 e. The van der Waals surface area contributed by atoms with Gasteiger partial charge in [0.15, 0.2) is 5.82 Å². The molecule has 1 amide bonds. The molecule has 1 unspecified atom stereocenters. The highest BCUT2D eigenvalue weighted by Crippen LogP contribution is 2.17. The Morgan fingerprint density at radius 2 is 2.33 bits per heavy atom. The van der Waals surface area contributed by atoms with Gasteiger partial charge in [-0.1, -0.05) is 27.2 Å². The van der Waals surface area contributed by atoms with E-state index in [1.165, 1.54) is 0 Å². The molecular formula is C14H16BrN3O3. The van der Waals surface area contributed by atoms with E-state index in [9.17, 15) is 4.79 Å². The summed E-state index contributed by atoms with van der Waals surface area (Å²) in [6, 6.07) is 7.16. The van der Waals surface area contributed by atoms with Crippen LogP contribution in [0.15, 0.2) is 33.3 Å². The number of aromatic nitrogens is 2. The number of amides is 1. The molecule has 0 aliphatic heterocycles. The van der Waals surface area contributed by atoms with Gasteiger partial charge in [-0.05, 0) is 32.0 Å². The van der Waals surface area contributed by atoms with Gasteiger partial charge in [0.2, 0.25) is 11.8 Å². The SMILES string of the molecule is Cc1noc(C(C)NC(=O)CCOc2cccc(Br)c2)n1. The molecule has 0 spiro atoms. The maximum atomic E-state index is 11.8. The molecule has 0 fully saturated rings. The molecule has 0 saturated carbocycles. The average molecular weight is 354 g/mol. The summed E-state index contributed by atoms with van der Waals surface area (Å²) in [5, 5.41) is 6.47. The zero-order valence-corrected chi connectivity index (χ0v) is 13.4. The maximum absolute atomic E-state index is 11.8. The molecule has 1 N–H and O–H groups in total. The zero-order valence-electron chi connectivity index (χ0n) is 11.8. The number of benzene rings is 1. The molecule has 1 heterocycles. The Morgan fingerprint density at radius 1 is 1.52 bits per heavy atom. The number of nitrogens with zero attached hydrogens (tertiary/aromatic N) is 2. The van der Waals surface area contributed by atoms with Crippen LogP contribution in [0.3, 0.4) is 0 Å². The third kappa shape index (κ3) is 4.86. The number of hydrogen-bond donors (Lipinski definition) is 1. The van der Waals surface area contributed by atoms with E-state index < -0.39 is 0 Å². The fourth-order valence-electron chi connectivity index (χ4n) is 1.68. The van der Waals surface area contributed by atoms with Gasteiger partial charge in [0.25, 0.3) is 0 Å². The van der Waals surface area contributed by atoms with Gasteiger partial charge in [0.1, 0.15) is 11.8 Å². The third-order valence-electron chi connectivity index (χ3n) is 2.69. The summed E-state index contributed by atoms with van der Waals surface area (Å²) in [6.45, 7) is 3.82. The van der Waals surface area contributed by atoms with Crippen molar-refractivity contribution in [2.75, 3.05) is 6.61 Å². The molecule has 6 nitrogen and oxygen atoms in total. The van der Waals surface area contributed by atoms with Gasteiger partial charge in [-0.3, -0.25) is 4.79 Å². The second kappa shape index (κ2) is 7.21. The number of hydrogen-bond acceptors (Lipinski definition) is 5. The fraction of sp³-hybridized carbons (Fsp3) is 0.357. The zero-order chi connectivity index (χ0) is 15.2. The molecule has 0 bridgehead atoms. The van der Waals surface area contributed by atoms with Crippen LogP contribution in [0.25, 0.3) is 0 Å². The van der Waals surface area contributed by atoms with Crippen LogP contribution in [0.1, 0.15) is 31.1 Å². The lowest BCUT2D eigenvalue weighted by atomic mass is 10.3. The van der Waals surface area contributed by atoms with Gasteiger partial charge in [-0.15, -0.1) is 0 Å². The predicted octanol–water partition coefficient (Wildman–Crippen LogP) is 2.79. The second-order valence-corrected chi connectivity index (χ2v) is 5.44. The quantitative estimate of drug-likeness (QED) is 0.863. The molecule has 7 heteroatoms. The van der Waals surface area contributed by atoms with Crippen molar-refractivity contribution < 1.29 is 14.1 Å². The fourth-order valence-corrected chi connectivity index (χ4v) is 2.06. The number of rotatable bonds is 6. The first-order valence-electron chi connectivity index (χ1n) is 6.52. The van der Waals surface area contributed by atoms with Crippen molar-refractivity contribution in [2.24, 2.45) is 0 Å². The monoisotopic (exact) mass is 353 g/mol.